The summed E-state index contributed by atoms with van der Waals surface area (Å²) < 4.78 is 0. The number of carbonyl (C=O) groups is 1. The maximum absolute atomic E-state index is 10.8. The summed E-state index contributed by atoms with van der Waals surface area (Å²) in [5.41, 5.74) is 7.07. The molecule has 1 atom stereocenters. The zero-order valence-corrected chi connectivity index (χ0v) is 6.40. The molecule has 1 aliphatic carbocycles. The number of allylic oxidation sites excluding steroid dienone is 4. The van der Waals surface area contributed by atoms with Crippen LogP contribution in [0, 0.1) is 5.92 Å². The van der Waals surface area contributed by atoms with Crippen molar-refractivity contribution in [1.82, 2.24) is 0 Å². The van der Waals surface area contributed by atoms with E-state index in [2.05, 4.69) is 4.99 Å². The van der Waals surface area contributed by atoms with Gasteiger partial charge in [0.2, 0.25) is 0 Å². The number of fused-ring (bicyclic) bond motifs is 1. The van der Waals surface area contributed by atoms with Crippen LogP contribution in [0.1, 0.15) is 0 Å². The molecule has 0 radical (unpaired) electrons. The molecule has 3 heteroatoms. The van der Waals surface area contributed by atoms with Crippen LogP contribution in [-0.4, -0.2) is 11.6 Å². The van der Waals surface area contributed by atoms with E-state index < -0.39 is 0 Å². The smallest absolute Gasteiger partial charge is 0.269 e. The molecule has 0 fully saturated rings. The Morgan fingerprint density at radius 1 is 1.33 bits per heavy atom. The Hall–Kier alpha value is -1.64. The summed E-state index contributed by atoms with van der Waals surface area (Å²) >= 11 is 0. The van der Waals surface area contributed by atoms with Crippen molar-refractivity contribution in [1.29, 1.82) is 0 Å². The Morgan fingerprint density at radius 3 is 3.00 bits per heavy atom. The Labute approximate surface area is 70.0 Å². The van der Waals surface area contributed by atoms with Gasteiger partial charge in [-0.1, -0.05) is 6.08 Å². The highest BCUT2D eigenvalue weighted by molar-refractivity contribution is 6.11. The van der Waals surface area contributed by atoms with Gasteiger partial charge in [0, 0.05) is 17.7 Å². The molecular weight excluding hydrogens is 152 g/mol. The van der Waals surface area contributed by atoms with Gasteiger partial charge in [0.1, 0.15) is 0 Å². The SMILES string of the molecule is NC1=CC2C=CC(=O)N=C2C=C1. The van der Waals surface area contributed by atoms with E-state index in [-0.39, 0.29) is 11.8 Å². The van der Waals surface area contributed by atoms with E-state index in [9.17, 15) is 4.79 Å². The van der Waals surface area contributed by atoms with Crippen LogP contribution in [0.2, 0.25) is 0 Å². The molecule has 0 spiro atoms. The summed E-state index contributed by atoms with van der Waals surface area (Å²) in [5.74, 6) is -0.104. The highest BCUT2D eigenvalue weighted by atomic mass is 16.1. The molecule has 0 saturated heterocycles. The predicted molar refractivity (Wildman–Crippen MR) is 46.5 cm³/mol. The zero-order chi connectivity index (χ0) is 8.55. The molecule has 1 amide bonds. The van der Waals surface area contributed by atoms with Gasteiger partial charge in [-0.25, -0.2) is 4.99 Å². The van der Waals surface area contributed by atoms with Crippen LogP contribution in [0.4, 0.5) is 0 Å². The second kappa shape index (κ2) is 2.44. The number of nitrogens with two attached hydrogens (primary N) is 1. The first-order valence-corrected chi connectivity index (χ1v) is 3.72. The van der Waals surface area contributed by atoms with Crippen molar-refractivity contribution >= 4 is 11.6 Å². The van der Waals surface area contributed by atoms with Gasteiger partial charge in [0.15, 0.2) is 0 Å². The van der Waals surface area contributed by atoms with Crippen LogP contribution in [0.25, 0.3) is 0 Å². The van der Waals surface area contributed by atoms with Crippen LogP contribution in [0.5, 0.6) is 0 Å². The van der Waals surface area contributed by atoms with E-state index in [0.29, 0.717) is 0 Å². The molecule has 1 heterocycles. The third-order valence-corrected chi connectivity index (χ3v) is 1.85. The molecular formula is C9H8N2O. The largest absolute Gasteiger partial charge is 0.399 e. The van der Waals surface area contributed by atoms with E-state index in [4.69, 9.17) is 5.73 Å². The maximum Gasteiger partial charge on any atom is 0.269 e. The van der Waals surface area contributed by atoms with Gasteiger partial charge < -0.3 is 5.73 Å². The third-order valence-electron chi connectivity index (χ3n) is 1.85. The Bertz CT molecular complexity index is 348. The molecule has 3 nitrogen and oxygen atoms in total. The molecule has 12 heavy (non-hydrogen) atoms. The van der Waals surface area contributed by atoms with E-state index in [1.54, 1.807) is 18.2 Å². The summed E-state index contributed by atoms with van der Waals surface area (Å²) in [6.45, 7) is 0. The molecule has 2 rings (SSSR count). The molecule has 2 N–H and O–H groups in total. The first-order valence-electron chi connectivity index (χ1n) is 3.72. The Balaban J connectivity index is 2.38. The molecule has 2 aliphatic rings. The number of amides is 1. The first-order chi connectivity index (χ1) is 5.75. The molecule has 0 aromatic heterocycles. The number of aliphatic imine (C=N–C) groups is 1. The van der Waals surface area contributed by atoms with Gasteiger partial charge in [-0.2, -0.15) is 0 Å². The Morgan fingerprint density at radius 2 is 2.17 bits per heavy atom. The highest BCUT2D eigenvalue weighted by Crippen LogP contribution is 2.16. The van der Waals surface area contributed by atoms with Crippen LogP contribution in [-0.2, 0) is 4.79 Å². The van der Waals surface area contributed by atoms with Gasteiger partial charge in [0.25, 0.3) is 5.91 Å². The molecule has 60 valence electrons. The number of hydrogen-bond donors (Lipinski definition) is 1. The predicted octanol–water partition coefficient (Wildman–Crippen LogP) is 0.552. The molecule has 1 unspecified atom stereocenters. The lowest BCUT2D eigenvalue weighted by atomic mass is 9.95. The fourth-order valence-electron chi connectivity index (χ4n) is 1.26. The number of dihydropyridines is 1. The summed E-state index contributed by atoms with van der Waals surface area (Å²) in [6, 6.07) is 0. The third kappa shape index (κ3) is 1.09. The van der Waals surface area contributed by atoms with E-state index in [1.165, 1.54) is 6.08 Å². The average Bonchev–Trinajstić information content (AvgIpc) is 2.05. The van der Waals surface area contributed by atoms with Gasteiger partial charge >= 0.3 is 0 Å². The number of hydrogen-bond acceptors (Lipinski definition) is 2. The summed E-state index contributed by atoms with van der Waals surface area (Å²) in [4.78, 5) is 14.7. The lowest BCUT2D eigenvalue weighted by Gasteiger charge is -2.15. The van der Waals surface area contributed by atoms with E-state index in [1.807, 2.05) is 6.08 Å². The van der Waals surface area contributed by atoms with Crippen molar-refractivity contribution in [2.24, 2.45) is 16.6 Å². The van der Waals surface area contributed by atoms with Crippen molar-refractivity contribution in [2.75, 3.05) is 0 Å². The molecule has 0 bridgehead atoms. The van der Waals surface area contributed by atoms with Crippen molar-refractivity contribution in [3.63, 3.8) is 0 Å². The van der Waals surface area contributed by atoms with Crippen LogP contribution in [0.15, 0.2) is 41.1 Å². The monoisotopic (exact) mass is 160 g/mol. The minimum absolute atomic E-state index is 0.0905. The normalized spacial score (nSPS) is 26.3. The first kappa shape index (κ1) is 7.03. The van der Waals surface area contributed by atoms with E-state index in [0.717, 1.165) is 11.4 Å². The van der Waals surface area contributed by atoms with Crippen LogP contribution < -0.4 is 5.73 Å². The summed E-state index contributed by atoms with van der Waals surface area (Å²) in [6.07, 6.45) is 8.68. The quantitative estimate of drug-likeness (QED) is 0.562. The minimum Gasteiger partial charge on any atom is -0.399 e. The van der Waals surface area contributed by atoms with Crippen LogP contribution in [0.3, 0.4) is 0 Å². The minimum atomic E-state index is -0.195. The molecule has 1 aliphatic heterocycles. The molecule has 0 saturated carbocycles. The van der Waals surface area contributed by atoms with Crippen molar-refractivity contribution < 1.29 is 4.79 Å². The van der Waals surface area contributed by atoms with Crippen molar-refractivity contribution in [2.45, 2.75) is 0 Å². The lowest BCUT2D eigenvalue weighted by Crippen LogP contribution is -2.18. The number of rotatable bonds is 0. The van der Waals surface area contributed by atoms with Gasteiger partial charge in [-0.15, -0.1) is 0 Å². The highest BCUT2D eigenvalue weighted by Gasteiger charge is 2.16. The molecule has 0 aromatic rings. The second-order valence-corrected chi connectivity index (χ2v) is 2.76. The lowest BCUT2D eigenvalue weighted by molar-refractivity contribution is -0.113. The van der Waals surface area contributed by atoms with Gasteiger partial charge in [-0.05, 0) is 18.2 Å². The topological polar surface area (TPSA) is 55.5 Å². The Kier molecular flexibility index (Phi) is 1.43. The van der Waals surface area contributed by atoms with Gasteiger partial charge in [-0.3, -0.25) is 4.79 Å². The fraction of sp³-hybridized carbons (Fsp3) is 0.111. The van der Waals surface area contributed by atoms with Crippen LogP contribution >= 0.6 is 0 Å². The average molecular weight is 160 g/mol. The summed E-state index contributed by atoms with van der Waals surface area (Å²) in [5, 5.41) is 0. The van der Waals surface area contributed by atoms with Crippen molar-refractivity contribution in [3.8, 4) is 0 Å². The van der Waals surface area contributed by atoms with Gasteiger partial charge in [0.05, 0.1) is 5.71 Å². The zero-order valence-electron chi connectivity index (χ0n) is 6.40. The standard InChI is InChI=1S/C9H8N2O/c10-7-2-3-8-6(5-7)1-4-9(12)11-8/h1-6H,10H2. The van der Waals surface area contributed by atoms with E-state index >= 15 is 0 Å². The second-order valence-electron chi connectivity index (χ2n) is 2.76. The maximum atomic E-state index is 10.8. The molecule has 0 aromatic carbocycles. The van der Waals surface area contributed by atoms with Crippen molar-refractivity contribution in [3.05, 3.63) is 36.1 Å². The summed E-state index contributed by atoms with van der Waals surface area (Å²) in [7, 11) is 0. The fourth-order valence-corrected chi connectivity index (χ4v) is 1.26. The number of nitrogens with zero attached hydrogens (tertiary/aromatic N) is 1. The number of carbonyl (C=O) groups excluding carboxylic acids is 1.